The third-order valence-electron chi connectivity index (χ3n) is 0. The van der Waals surface area contributed by atoms with E-state index >= 15 is 0 Å². The molecule has 0 aliphatic heterocycles. The van der Waals surface area contributed by atoms with Crippen LogP contribution in [0, 0.1) is 0 Å². The van der Waals surface area contributed by atoms with Gasteiger partial charge in [0, 0.05) is 0 Å². The zero-order valence-electron chi connectivity index (χ0n) is 4.09. The van der Waals surface area contributed by atoms with E-state index in [0.717, 1.165) is 0 Å². The van der Waals surface area contributed by atoms with Gasteiger partial charge in [-0.05, 0) is 0 Å². The van der Waals surface area contributed by atoms with Crippen LogP contribution in [0.4, 0.5) is 0 Å². The van der Waals surface area contributed by atoms with Crippen LogP contribution < -0.4 is 0 Å². The summed E-state index contributed by atoms with van der Waals surface area (Å²) in [5, 5.41) is 0. The Hall–Kier alpha value is 1.67. The van der Waals surface area contributed by atoms with Gasteiger partial charge < -0.3 is 28.8 Å². The van der Waals surface area contributed by atoms with Crippen LogP contribution in [-0.2, 0) is 4.46 Å². The van der Waals surface area contributed by atoms with E-state index in [2.05, 4.69) is 0 Å². The van der Waals surface area contributed by atoms with Gasteiger partial charge >= 0.3 is 77.3 Å². The summed E-state index contributed by atoms with van der Waals surface area (Å²) in [6, 6.07) is 0. The van der Waals surface area contributed by atoms with Crippen LogP contribution in [0.5, 0.6) is 0 Å². The van der Waals surface area contributed by atoms with Gasteiger partial charge in [-0.2, -0.15) is 0 Å². The molecule has 0 spiro atoms. The Kier molecular flexibility index (Phi) is 24.4. The molecule has 0 rings (SSSR count). The summed E-state index contributed by atoms with van der Waals surface area (Å²) in [6.07, 6.45) is 0. The summed E-state index contributed by atoms with van der Waals surface area (Å²) in [5.74, 6) is 0. The first kappa shape index (κ1) is 23.0. The molecule has 0 bridgehead atoms. The SMILES string of the molecule is O=[Si](O)O.O[Si](O)(O)O.[NaH].[NaH]. The van der Waals surface area contributed by atoms with E-state index in [1.807, 2.05) is 0 Å². The predicted molar refractivity (Wildman–Crippen MR) is 39.8 cm³/mol. The van der Waals surface area contributed by atoms with Crippen LogP contribution in [0.3, 0.4) is 0 Å². The molecular formula is H8Na2O7Si2. The number of hydrogen-bond acceptors (Lipinski definition) is 5. The summed E-state index contributed by atoms with van der Waals surface area (Å²) in [4.78, 5) is 43.6. The van der Waals surface area contributed by atoms with Gasteiger partial charge in [-0.3, -0.25) is 4.46 Å². The van der Waals surface area contributed by atoms with Crippen LogP contribution in [0.1, 0.15) is 0 Å². The van der Waals surface area contributed by atoms with E-state index < -0.39 is 18.2 Å². The third-order valence-corrected chi connectivity index (χ3v) is 0. The molecule has 0 amide bonds. The normalized spacial score (nSPS) is 7.64. The maximum absolute atomic E-state index is 8.74. The zero-order chi connectivity index (χ0) is 8.08. The minimum atomic E-state index is -4.61. The summed E-state index contributed by atoms with van der Waals surface area (Å²) in [7, 11) is -7.74. The fourth-order valence-electron chi connectivity index (χ4n) is 0. The molecule has 11 heavy (non-hydrogen) atoms. The van der Waals surface area contributed by atoms with Crippen LogP contribution in [0.2, 0.25) is 0 Å². The molecule has 0 heterocycles. The Morgan fingerprint density at radius 1 is 0.909 bits per heavy atom. The second-order valence-electron chi connectivity index (χ2n) is 0.883. The van der Waals surface area contributed by atoms with Crippen LogP contribution in [-0.4, -0.2) is 106 Å². The fraction of sp³-hybridized carbons (Fsp3) is 0. The van der Waals surface area contributed by atoms with Crippen molar-refractivity contribution in [3.63, 3.8) is 0 Å². The Labute approximate surface area is 109 Å². The molecule has 0 aromatic heterocycles. The molecule has 0 saturated carbocycles. The summed E-state index contributed by atoms with van der Waals surface area (Å²) in [5.41, 5.74) is 0. The fourth-order valence-corrected chi connectivity index (χ4v) is 0. The van der Waals surface area contributed by atoms with Crippen molar-refractivity contribution >= 4 is 77.3 Å². The average molecular weight is 222 g/mol. The summed E-state index contributed by atoms with van der Waals surface area (Å²) >= 11 is 0. The minimum absolute atomic E-state index is 0. The van der Waals surface area contributed by atoms with Gasteiger partial charge in [-0.25, -0.2) is 0 Å². The van der Waals surface area contributed by atoms with Gasteiger partial charge in [0.15, 0.2) is 0 Å². The van der Waals surface area contributed by atoms with E-state index in [1.54, 1.807) is 0 Å². The second kappa shape index (κ2) is 11.7. The quantitative estimate of drug-likeness (QED) is 0.225. The molecule has 0 saturated heterocycles. The molecule has 7 nitrogen and oxygen atoms in total. The van der Waals surface area contributed by atoms with Crippen molar-refractivity contribution in [3.05, 3.63) is 0 Å². The monoisotopic (exact) mass is 222 g/mol. The first-order chi connectivity index (χ1) is 3.73. The van der Waals surface area contributed by atoms with E-state index in [0.29, 0.717) is 0 Å². The first-order valence-electron chi connectivity index (χ1n) is 1.55. The van der Waals surface area contributed by atoms with Gasteiger partial charge in [0.1, 0.15) is 0 Å². The molecule has 0 aliphatic rings. The molecule has 0 aliphatic carbocycles. The zero-order valence-corrected chi connectivity index (χ0v) is 6.09. The standard InChI is InChI=1S/2Na.H4O4Si.H2O3Si.2H/c;;1-5(2,3)4;1-4(2)3;;/h;;1-4H;1-2H;;. The van der Waals surface area contributed by atoms with Gasteiger partial charge in [0.05, 0.1) is 0 Å². The molecule has 6 N–H and O–H groups in total. The topological polar surface area (TPSA) is 138 Å². The van der Waals surface area contributed by atoms with E-state index in [4.69, 9.17) is 33.2 Å². The van der Waals surface area contributed by atoms with Crippen molar-refractivity contribution in [1.82, 2.24) is 0 Å². The molecule has 0 aromatic carbocycles. The molecule has 0 unspecified atom stereocenters. The van der Waals surface area contributed by atoms with E-state index in [-0.39, 0.29) is 59.1 Å². The number of hydrogen-bond donors (Lipinski definition) is 6. The Bertz CT molecular complexity index is 76.9. The Balaban J connectivity index is -0.0000000383. The second-order valence-corrected chi connectivity index (χ2v) is 2.65. The van der Waals surface area contributed by atoms with Crippen molar-refractivity contribution in [2.45, 2.75) is 0 Å². The van der Waals surface area contributed by atoms with Gasteiger partial charge in [-0.1, -0.05) is 0 Å². The number of rotatable bonds is 0. The van der Waals surface area contributed by atoms with Crippen molar-refractivity contribution in [3.8, 4) is 0 Å². The summed E-state index contributed by atoms with van der Waals surface area (Å²) < 4.78 is 8.74. The van der Waals surface area contributed by atoms with Gasteiger partial charge in [0.25, 0.3) is 0 Å². The predicted octanol–water partition coefficient (Wildman–Crippen LogP) is -5.52. The molecule has 11 heteroatoms. The van der Waals surface area contributed by atoms with Crippen molar-refractivity contribution in [1.29, 1.82) is 0 Å². The molecule has 0 radical (unpaired) electrons. The summed E-state index contributed by atoms with van der Waals surface area (Å²) in [6.45, 7) is 0. The van der Waals surface area contributed by atoms with E-state index in [1.165, 1.54) is 0 Å². The molecule has 0 aromatic rings. The van der Waals surface area contributed by atoms with Gasteiger partial charge in [-0.15, -0.1) is 0 Å². The van der Waals surface area contributed by atoms with Gasteiger partial charge in [0.2, 0.25) is 0 Å². The van der Waals surface area contributed by atoms with E-state index in [9.17, 15) is 0 Å². The molecule has 60 valence electrons. The first-order valence-corrected chi connectivity index (χ1v) is 4.64. The Morgan fingerprint density at radius 3 is 0.909 bits per heavy atom. The molecular weight excluding hydrogens is 214 g/mol. The van der Waals surface area contributed by atoms with Crippen molar-refractivity contribution < 1.29 is 33.2 Å². The Morgan fingerprint density at radius 2 is 0.909 bits per heavy atom. The van der Waals surface area contributed by atoms with Crippen molar-refractivity contribution in [2.75, 3.05) is 0 Å². The van der Waals surface area contributed by atoms with Crippen LogP contribution in [0.15, 0.2) is 0 Å². The maximum atomic E-state index is 8.74. The van der Waals surface area contributed by atoms with Crippen LogP contribution in [0.25, 0.3) is 0 Å². The molecule has 0 fully saturated rings. The van der Waals surface area contributed by atoms with Crippen LogP contribution >= 0.6 is 0 Å². The van der Waals surface area contributed by atoms with Crippen molar-refractivity contribution in [2.24, 2.45) is 0 Å². The average Bonchev–Trinajstić information content (AvgIpc) is 1.19. The molecule has 0 atom stereocenters. The third kappa shape index (κ3) is 390.